The highest BCUT2D eigenvalue weighted by atomic mass is 16.6. The molecule has 3 saturated carbocycles. The molecule has 1 saturated heterocycles. The summed E-state index contributed by atoms with van der Waals surface area (Å²) in [6, 6.07) is 0. The predicted octanol–water partition coefficient (Wildman–Crippen LogP) is 2.60. The first-order valence-corrected chi connectivity index (χ1v) is 7.24. The number of carbonyl (C=O) groups excluding carboxylic acids is 2. The third-order valence-electron chi connectivity index (χ3n) is 5.45. The molecule has 4 atom stereocenters. The van der Waals surface area contributed by atoms with Crippen LogP contribution >= 0.6 is 0 Å². The summed E-state index contributed by atoms with van der Waals surface area (Å²) in [5.41, 5.74) is 3.10. The van der Waals surface area contributed by atoms with E-state index in [4.69, 9.17) is 4.74 Å². The zero-order valence-corrected chi connectivity index (χ0v) is 10.5. The van der Waals surface area contributed by atoms with Gasteiger partial charge in [0.2, 0.25) is 0 Å². The number of carbonyl (C=O) groups is 2. The molecule has 96 valence electrons. The van der Waals surface area contributed by atoms with Gasteiger partial charge in [-0.15, -0.1) is 0 Å². The van der Waals surface area contributed by atoms with Crippen LogP contribution in [0.4, 0.5) is 0 Å². The van der Waals surface area contributed by atoms with Gasteiger partial charge in [-0.25, -0.2) is 0 Å². The summed E-state index contributed by atoms with van der Waals surface area (Å²) >= 11 is 0. The summed E-state index contributed by atoms with van der Waals surface area (Å²) in [5.74, 6) is -0.0577. The number of allylic oxidation sites excluding steroid dienone is 2. The minimum atomic E-state index is -0.244. The van der Waals surface area contributed by atoms with E-state index in [0.29, 0.717) is 11.8 Å². The van der Waals surface area contributed by atoms with Crippen molar-refractivity contribution in [2.45, 2.75) is 44.9 Å². The Balaban J connectivity index is 1.76. The third kappa shape index (κ3) is 1.25. The number of ether oxygens (including phenoxy) is 1. The average molecular weight is 246 g/mol. The smallest absolute Gasteiger partial charge is 0.318 e. The Morgan fingerprint density at radius 2 is 1.39 bits per heavy atom. The Labute approximate surface area is 107 Å². The molecular formula is C15H18O3. The van der Waals surface area contributed by atoms with Crippen molar-refractivity contribution in [3.8, 4) is 0 Å². The lowest BCUT2D eigenvalue weighted by Crippen LogP contribution is -2.24. The van der Waals surface area contributed by atoms with E-state index in [1.165, 1.54) is 37.7 Å². The van der Waals surface area contributed by atoms with E-state index in [2.05, 4.69) is 0 Å². The van der Waals surface area contributed by atoms with E-state index in [9.17, 15) is 9.59 Å². The highest BCUT2D eigenvalue weighted by Crippen LogP contribution is 2.60. The highest BCUT2D eigenvalue weighted by molar-refractivity contribution is 5.98. The number of cyclic esters (lactones) is 2. The molecule has 0 spiro atoms. The van der Waals surface area contributed by atoms with E-state index in [1.807, 2.05) is 0 Å². The van der Waals surface area contributed by atoms with E-state index < -0.39 is 0 Å². The Hall–Kier alpha value is -1.12. The second-order valence-electron chi connectivity index (χ2n) is 6.20. The molecule has 1 heterocycles. The normalized spacial score (nSPS) is 42.4. The van der Waals surface area contributed by atoms with Crippen LogP contribution in [0.15, 0.2) is 11.1 Å². The number of rotatable bonds is 0. The summed E-state index contributed by atoms with van der Waals surface area (Å²) < 4.78 is 4.84. The molecule has 0 aromatic carbocycles. The topological polar surface area (TPSA) is 43.4 Å². The van der Waals surface area contributed by atoms with Gasteiger partial charge in [0, 0.05) is 0 Å². The molecule has 0 aromatic rings. The fourth-order valence-corrected chi connectivity index (χ4v) is 4.84. The zero-order chi connectivity index (χ0) is 12.3. The van der Waals surface area contributed by atoms with Crippen molar-refractivity contribution in [3.05, 3.63) is 11.1 Å². The van der Waals surface area contributed by atoms with Crippen molar-refractivity contribution >= 4 is 11.9 Å². The van der Waals surface area contributed by atoms with Gasteiger partial charge in [0.25, 0.3) is 0 Å². The monoisotopic (exact) mass is 246 g/mol. The van der Waals surface area contributed by atoms with E-state index in [0.717, 1.165) is 12.8 Å². The first kappa shape index (κ1) is 10.8. The molecule has 1 aliphatic heterocycles. The van der Waals surface area contributed by atoms with E-state index in [-0.39, 0.29) is 23.8 Å². The molecule has 3 nitrogen and oxygen atoms in total. The maximum absolute atomic E-state index is 11.8. The van der Waals surface area contributed by atoms with Gasteiger partial charge >= 0.3 is 11.9 Å². The van der Waals surface area contributed by atoms with Gasteiger partial charge < -0.3 is 4.74 Å². The number of hydrogen-bond acceptors (Lipinski definition) is 3. The summed E-state index contributed by atoms with van der Waals surface area (Å²) in [4.78, 5) is 23.6. The number of hydrogen-bond donors (Lipinski definition) is 0. The molecule has 4 aliphatic rings. The van der Waals surface area contributed by atoms with Gasteiger partial charge in [-0.05, 0) is 50.4 Å². The molecule has 0 amide bonds. The maximum Gasteiger partial charge on any atom is 0.318 e. The molecule has 4 fully saturated rings. The molecule has 3 aliphatic carbocycles. The van der Waals surface area contributed by atoms with Crippen molar-refractivity contribution in [2.75, 3.05) is 0 Å². The molecular weight excluding hydrogens is 228 g/mol. The zero-order valence-electron chi connectivity index (χ0n) is 10.5. The Morgan fingerprint density at radius 1 is 0.833 bits per heavy atom. The van der Waals surface area contributed by atoms with E-state index in [1.54, 1.807) is 5.57 Å². The third-order valence-corrected chi connectivity index (χ3v) is 5.45. The van der Waals surface area contributed by atoms with Crippen molar-refractivity contribution in [1.82, 2.24) is 0 Å². The lowest BCUT2D eigenvalue weighted by atomic mass is 9.81. The largest absolute Gasteiger partial charge is 0.393 e. The number of esters is 2. The maximum atomic E-state index is 11.8. The van der Waals surface area contributed by atoms with E-state index >= 15 is 0 Å². The summed E-state index contributed by atoms with van der Waals surface area (Å²) in [6.07, 6.45) is 8.48. The second kappa shape index (κ2) is 3.69. The van der Waals surface area contributed by atoms with Crippen LogP contribution in [0.5, 0.6) is 0 Å². The predicted molar refractivity (Wildman–Crippen MR) is 64.4 cm³/mol. The summed E-state index contributed by atoms with van der Waals surface area (Å²) in [7, 11) is 0. The van der Waals surface area contributed by atoms with Crippen LogP contribution < -0.4 is 0 Å². The first-order valence-electron chi connectivity index (χ1n) is 7.24. The van der Waals surface area contributed by atoms with Crippen LogP contribution in [0.1, 0.15) is 44.9 Å². The van der Waals surface area contributed by atoms with Gasteiger partial charge in [0.05, 0.1) is 11.8 Å². The lowest BCUT2D eigenvalue weighted by molar-refractivity contribution is -0.154. The molecule has 2 bridgehead atoms. The minimum absolute atomic E-state index is 0.124. The molecule has 0 aromatic heterocycles. The Kier molecular flexibility index (Phi) is 2.21. The van der Waals surface area contributed by atoms with Crippen LogP contribution in [0, 0.1) is 23.7 Å². The fourth-order valence-electron chi connectivity index (χ4n) is 4.84. The molecule has 0 N–H and O–H groups in total. The fraction of sp³-hybridized carbons (Fsp3) is 0.733. The van der Waals surface area contributed by atoms with Crippen molar-refractivity contribution in [3.63, 3.8) is 0 Å². The van der Waals surface area contributed by atoms with Gasteiger partial charge in [-0.3, -0.25) is 9.59 Å². The molecule has 0 radical (unpaired) electrons. The highest BCUT2D eigenvalue weighted by Gasteiger charge is 2.62. The number of fused-ring (bicyclic) bond motifs is 5. The molecule has 18 heavy (non-hydrogen) atoms. The Bertz CT molecular complexity index is 424. The Morgan fingerprint density at radius 3 is 1.94 bits per heavy atom. The lowest BCUT2D eigenvalue weighted by Gasteiger charge is -2.20. The van der Waals surface area contributed by atoms with Crippen molar-refractivity contribution < 1.29 is 14.3 Å². The first-order chi connectivity index (χ1) is 8.77. The minimum Gasteiger partial charge on any atom is -0.393 e. The summed E-state index contributed by atoms with van der Waals surface area (Å²) in [5, 5.41) is 0. The van der Waals surface area contributed by atoms with Crippen molar-refractivity contribution in [1.29, 1.82) is 0 Å². The van der Waals surface area contributed by atoms with Crippen LogP contribution in [0.3, 0.4) is 0 Å². The van der Waals surface area contributed by atoms with Gasteiger partial charge in [-0.1, -0.05) is 17.6 Å². The quantitative estimate of drug-likeness (QED) is 0.375. The van der Waals surface area contributed by atoms with Gasteiger partial charge in [-0.2, -0.15) is 0 Å². The second-order valence-corrected chi connectivity index (χ2v) is 6.20. The molecule has 4 rings (SSSR count). The van der Waals surface area contributed by atoms with Crippen LogP contribution in [-0.2, 0) is 14.3 Å². The van der Waals surface area contributed by atoms with Gasteiger partial charge in [0.15, 0.2) is 0 Å². The average Bonchev–Trinajstić information content (AvgIpc) is 3.02. The van der Waals surface area contributed by atoms with Crippen LogP contribution in [0.2, 0.25) is 0 Å². The SMILES string of the molecule is O=C1OC(=O)[C@H]2[C@H]1[C@@H]1CC[C@@H]2C1=C1CCCCC1. The van der Waals surface area contributed by atoms with Crippen LogP contribution in [-0.4, -0.2) is 11.9 Å². The van der Waals surface area contributed by atoms with Crippen LogP contribution in [0.25, 0.3) is 0 Å². The molecule has 3 heteroatoms. The van der Waals surface area contributed by atoms with Crippen molar-refractivity contribution in [2.24, 2.45) is 23.7 Å². The standard InChI is InChI=1S/C15H18O3/c16-14-12-9-6-7-10(13(12)15(17)18-14)11(9)8-4-2-1-3-5-8/h9-10,12-13H,1-7H2/t9-,10-,12-,13-/m1/s1. The summed E-state index contributed by atoms with van der Waals surface area (Å²) in [6.45, 7) is 0. The van der Waals surface area contributed by atoms with Gasteiger partial charge in [0.1, 0.15) is 0 Å². The molecule has 0 unspecified atom stereocenters.